The van der Waals surface area contributed by atoms with Crippen molar-refractivity contribution in [1.29, 1.82) is 0 Å². The van der Waals surface area contributed by atoms with Gasteiger partial charge in [0.2, 0.25) is 0 Å². The van der Waals surface area contributed by atoms with Crippen LogP contribution in [0.15, 0.2) is 54.6 Å². The zero-order chi connectivity index (χ0) is 17.4. The van der Waals surface area contributed by atoms with E-state index >= 15 is 0 Å². The molecule has 0 aliphatic carbocycles. The van der Waals surface area contributed by atoms with Crippen LogP contribution in [0.2, 0.25) is 0 Å². The molecule has 1 atom stereocenters. The molecule has 0 amide bonds. The van der Waals surface area contributed by atoms with Gasteiger partial charge >= 0.3 is 5.97 Å². The van der Waals surface area contributed by atoms with Crippen LogP contribution in [-0.2, 0) is 0 Å². The molecule has 2 rings (SSSR count). The normalized spacial score (nSPS) is 12.0. The van der Waals surface area contributed by atoms with E-state index < -0.39 is 12.1 Å². The molecule has 5 nitrogen and oxygen atoms in total. The predicted molar refractivity (Wildman–Crippen MR) is 92.5 cm³/mol. The predicted octanol–water partition coefficient (Wildman–Crippen LogP) is 2.64. The molecule has 2 N–H and O–H groups in total. The van der Waals surface area contributed by atoms with Gasteiger partial charge in [0.1, 0.15) is 24.2 Å². The van der Waals surface area contributed by atoms with Gasteiger partial charge in [-0.15, -0.1) is 0 Å². The Labute approximate surface area is 142 Å². The number of aliphatic hydroxyl groups excluding tert-OH is 1. The van der Waals surface area contributed by atoms with E-state index in [1.807, 2.05) is 19.9 Å². The van der Waals surface area contributed by atoms with Crippen molar-refractivity contribution in [3.63, 3.8) is 0 Å². The smallest absolute Gasteiger partial charge is 0.343 e. The number of hydrogen-bond acceptors (Lipinski definition) is 5. The fourth-order valence-electron chi connectivity index (χ4n) is 1.97. The van der Waals surface area contributed by atoms with Crippen LogP contribution in [0.5, 0.6) is 11.5 Å². The van der Waals surface area contributed by atoms with Gasteiger partial charge in [0.05, 0.1) is 5.56 Å². The van der Waals surface area contributed by atoms with Crippen LogP contribution in [0.25, 0.3) is 0 Å². The third-order valence-corrected chi connectivity index (χ3v) is 3.25. The molecule has 0 spiro atoms. The van der Waals surface area contributed by atoms with Crippen LogP contribution in [0.1, 0.15) is 24.2 Å². The van der Waals surface area contributed by atoms with E-state index in [1.165, 1.54) is 0 Å². The van der Waals surface area contributed by atoms with Crippen LogP contribution in [-0.4, -0.2) is 36.4 Å². The van der Waals surface area contributed by atoms with E-state index in [4.69, 9.17) is 9.47 Å². The van der Waals surface area contributed by atoms with Crippen LogP contribution >= 0.6 is 0 Å². The number of ether oxygens (including phenoxy) is 2. The van der Waals surface area contributed by atoms with Gasteiger partial charge < -0.3 is 19.9 Å². The summed E-state index contributed by atoms with van der Waals surface area (Å²) in [7, 11) is 0. The molecular formula is C19H23NO4. The van der Waals surface area contributed by atoms with E-state index in [1.54, 1.807) is 48.5 Å². The van der Waals surface area contributed by atoms with E-state index in [0.29, 0.717) is 29.6 Å². The minimum atomic E-state index is -0.581. The summed E-state index contributed by atoms with van der Waals surface area (Å²) in [6.07, 6.45) is -0.581. The first-order valence-electron chi connectivity index (χ1n) is 7.96. The third-order valence-electron chi connectivity index (χ3n) is 3.25. The Kier molecular flexibility index (Phi) is 6.78. The molecule has 1 unspecified atom stereocenters. The topological polar surface area (TPSA) is 67.8 Å². The molecule has 128 valence electrons. The highest BCUT2D eigenvalue weighted by Gasteiger charge is 2.09. The summed E-state index contributed by atoms with van der Waals surface area (Å²) < 4.78 is 10.8. The van der Waals surface area contributed by atoms with E-state index in [-0.39, 0.29) is 6.61 Å². The standard InChI is InChI=1S/C19H23NO4/c1-14(2)20-12-16(21)13-23-17-8-10-18(11-9-17)24-19(22)15-6-4-3-5-7-15/h3-11,14,16,20-21H,12-13H2,1-2H3. The van der Waals surface area contributed by atoms with Gasteiger partial charge in [-0.1, -0.05) is 32.0 Å². The van der Waals surface area contributed by atoms with E-state index in [9.17, 15) is 9.90 Å². The summed E-state index contributed by atoms with van der Waals surface area (Å²) in [4.78, 5) is 11.9. The first kappa shape index (κ1) is 18.0. The lowest BCUT2D eigenvalue weighted by Crippen LogP contribution is -2.35. The highest BCUT2D eigenvalue weighted by molar-refractivity contribution is 5.90. The first-order valence-corrected chi connectivity index (χ1v) is 7.96. The number of aliphatic hydroxyl groups is 1. The van der Waals surface area contributed by atoms with Gasteiger partial charge in [-0.3, -0.25) is 0 Å². The second-order valence-electron chi connectivity index (χ2n) is 5.75. The van der Waals surface area contributed by atoms with E-state index in [2.05, 4.69) is 5.32 Å². The third kappa shape index (κ3) is 6.02. The van der Waals surface area contributed by atoms with Crippen molar-refractivity contribution in [2.24, 2.45) is 0 Å². The summed E-state index contributed by atoms with van der Waals surface area (Å²) >= 11 is 0. The van der Waals surface area contributed by atoms with Gasteiger partial charge in [-0.25, -0.2) is 4.79 Å². The van der Waals surface area contributed by atoms with Gasteiger partial charge in [0.15, 0.2) is 0 Å². The second-order valence-corrected chi connectivity index (χ2v) is 5.75. The number of nitrogens with one attached hydrogen (secondary N) is 1. The van der Waals surface area contributed by atoms with E-state index in [0.717, 1.165) is 0 Å². The largest absolute Gasteiger partial charge is 0.491 e. The molecular weight excluding hydrogens is 306 g/mol. The number of carbonyl (C=O) groups is 1. The molecule has 0 radical (unpaired) electrons. The summed E-state index contributed by atoms with van der Waals surface area (Å²) in [6.45, 7) is 4.71. The van der Waals surface area contributed by atoms with Gasteiger partial charge in [-0.05, 0) is 36.4 Å². The quantitative estimate of drug-likeness (QED) is 0.576. The summed E-state index contributed by atoms with van der Waals surface area (Å²) in [5.41, 5.74) is 0.499. The lowest BCUT2D eigenvalue weighted by molar-refractivity contribution is 0.0734. The van der Waals surface area contributed by atoms with Crippen molar-refractivity contribution in [1.82, 2.24) is 5.32 Å². The summed E-state index contributed by atoms with van der Waals surface area (Å²) in [5, 5.41) is 12.9. The summed E-state index contributed by atoms with van der Waals surface area (Å²) in [6, 6.07) is 15.9. The molecule has 24 heavy (non-hydrogen) atoms. The Morgan fingerprint density at radius 2 is 1.67 bits per heavy atom. The van der Waals surface area contributed by atoms with Crippen molar-refractivity contribution in [3.8, 4) is 11.5 Å². The van der Waals surface area contributed by atoms with Gasteiger partial charge in [-0.2, -0.15) is 0 Å². The molecule has 0 aromatic heterocycles. The fourth-order valence-corrected chi connectivity index (χ4v) is 1.97. The number of carbonyl (C=O) groups excluding carboxylic acids is 1. The lowest BCUT2D eigenvalue weighted by Gasteiger charge is -2.15. The molecule has 0 fully saturated rings. The van der Waals surface area contributed by atoms with Crippen LogP contribution in [0.3, 0.4) is 0 Å². The number of esters is 1. The van der Waals surface area contributed by atoms with Crippen LogP contribution in [0, 0.1) is 0 Å². The monoisotopic (exact) mass is 329 g/mol. The van der Waals surface area contributed by atoms with Crippen LogP contribution < -0.4 is 14.8 Å². The molecule has 2 aromatic rings. The molecule has 0 heterocycles. The van der Waals surface area contributed by atoms with Crippen molar-refractivity contribution in [2.75, 3.05) is 13.2 Å². The molecule has 0 saturated heterocycles. The Hall–Kier alpha value is -2.37. The van der Waals surface area contributed by atoms with Gasteiger partial charge in [0.25, 0.3) is 0 Å². The Balaban J connectivity index is 1.81. The molecule has 0 aliphatic rings. The Morgan fingerprint density at radius 3 is 2.29 bits per heavy atom. The maximum Gasteiger partial charge on any atom is 0.343 e. The highest BCUT2D eigenvalue weighted by atomic mass is 16.5. The van der Waals surface area contributed by atoms with Crippen molar-refractivity contribution in [2.45, 2.75) is 26.0 Å². The van der Waals surface area contributed by atoms with Crippen molar-refractivity contribution < 1.29 is 19.4 Å². The molecule has 2 aromatic carbocycles. The van der Waals surface area contributed by atoms with Gasteiger partial charge in [0, 0.05) is 12.6 Å². The average Bonchev–Trinajstić information content (AvgIpc) is 2.60. The zero-order valence-electron chi connectivity index (χ0n) is 13.9. The number of benzene rings is 2. The number of hydrogen-bond donors (Lipinski definition) is 2. The first-order chi connectivity index (χ1) is 11.5. The molecule has 0 saturated carbocycles. The fraction of sp³-hybridized carbons (Fsp3) is 0.316. The average molecular weight is 329 g/mol. The lowest BCUT2D eigenvalue weighted by atomic mass is 10.2. The maximum atomic E-state index is 11.9. The minimum Gasteiger partial charge on any atom is -0.491 e. The minimum absolute atomic E-state index is 0.197. The maximum absolute atomic E-state index is 11.9. The second kappa shape index (κ2) is 9.05. The Bertz CT molecular complexity index is 626. The molecule has 5 heteroatoms. The zero-order valence-corrected chi connectivity index (χ0v) is 13.9. The van der Waals surface area contributed by atoms with Crippen molar-refractivity contribution in [3.05, 3.63) is 60.2 Å². The summed E-state index contributed by atoms with van der Waals surface area (Å²) in [5.74, 6) is 0.649. The van der Waals surface area contributed by atoms with Crippen LogP contribution in [0.4, 0.5) is 0 Å². The number of rotatable bonds is 8. The SMILES string of the molecule is CC(C)NCC(O)COc1ccc(OC(=O)c2ccccc2)cc1. The van der Waals surface area contributed by atoms with Crippen molar-refractivity contribution >= 4 is 5.97 Å². The molecule has 0 bridgehead atoms. The Morgan fingerprint density at radius 1 is 1.04 bits per heavy atom. The molecule has 0 aliphatic heterocycles. The highest BCUT2D eigenvalue weighted by Crippen LogP contribution is 2.19.